The van der Waals surface area contributed by atoms with Gasteiger partial charge in [-0.05, 0) is 17.7 Å². The molecule has 0 aliphatic carbocycles. The molecular formula is C9H8BrNO3. The molecule has 0 bridgehead atoms. The second-order valence-electron chi connectivity index (χ2n) is 2.66. The van der Waals surface area contributed by atoms with Crippen LogP contribution >= 0.6 is 15.9 Å². The minimum absolute atomic E-state index is 0.110. The summed E-state index contributed by atoms with van der Waals surface area (Å²) in [6, 6.07) is 7.12. The molecule has 5 heteroatoms. The van der Waals surface area contributed by atoms with E-state index in [1.54, 1.807) is 24.3 Å². The number of halogens is 1. The molecule has 74 valence electrons. The summed E-state index contributed by atoms with van der Waals surface area (Å²) >= 11 is 3.26. The number of nitrogens with zero attached hydrogens (tertiary/aromatic N) is 1. The van der Waals surface area contributed by atoms with Gasteiger partial charge in [0.1, 0.15) is 0 Å². The van der Waals surface area contributed by atoms with Crippen molar-refractivity contribution in [3.63, 3.8) is 0 Å². The summed E-state index contributed by atoms with van der Waals surface area (Å²) in [6.45, 7) is 0. The van der Waals surface area contributed by atoms with Gasteiger partial charge in [-0.3, -0.25) is 0 Å². The van der Waals surface area contributed by atoms with Crippen molar-refractivity contribution in [2.24, 2.45) is 5.16 Å². The number of hydrogen-bond acceptors (Lipinski definition) is 3. The summed E-state index contributed by atoms with van der Waals surface area (Å²) in [7, 11) is 0. The first-order chi connectivity index (χ1) is 6.63. The lowest BCUT2D eigenvalue weighted by molar-refractivity contribution is -0.129. The van der Waals surface area contributed by atoms with Gasteiger partial charge in [-0.15, -0.1) is 0 Å². The first-order valence-electron chi connectivity index (χ1n) is 3.82. The average molecular weight is 258 g/mol. The topological polar surface area (TPSA) is 69.9 Å². The molecule has 0 saturated heterocycles. The van der Waals surface area contributed by atoms with E-state index in [-0.39, 0.29) is 12.1 Å². The maximum absolute atomic E-state index is 10.5. The molecule has 0 radical (unpaired) electrons. The van der Waals surface area contributed by atoms with E-state index in [1.165, 1.54) is 0 Å². The highest BCUT2D eigenvalue weighted by Crippen LogP contribution is 2.11. The van der Waals surface area contributed by atoms with Crippen LogP contribution in [0.25, 0.3) is 0 Å². The summed E-state index contributed by atoms with van der Waals surface area (Å²) in [5, 5.41) is 19.7. The highest BCUT2D eigenvalue weighted by atomic mass is 79.9. The standard InChI is InChI=1S/C9H8BrNO3/c10-7-3-1-6(2-4-7)5-8(11-14)9(12)13/h1-4,14H,5H2,(H,12,13). The van der Waals surface area contributed by atoms with Crippen LogP contribution in [0, 0.1) is 0 Å². The molecule has 1 rings (SSSR count). The third-order valence-corrected chi connectivity index (χ3v) is 2.18. The fourth-order valence-electron chi connectivity index (χ4n) is 0.949. The van der Waals surface area contributed by atoms with Gasteiger partial charge in [0.25, 0.3) is 0 Å². The largest absolute Gasteiger partial charge is 0.477 e. The van der Waals surface area contributed by atoms with Crippen LogP contribution in [0.2, 0.25) is 0 Å². The Kier molecular flexibility index (Phi) is 3.64. The van der Waals surface area contributed by atoms with Crippen molar-refractivity contribution in [3.05, 3.63) is 34.3 Å². The summed E-state index contributed by atoms with van der Waals surface area (Å²) in [5.41, 5.74) is 0.510. The lowest BCUT2D eigenvalue weighted by Gasteiger charge is -1.99. The van der Waals surface area contributed by atoms with Crippen molar-refractivity contribution in [3.8, 4) is 0 Å². The minimum Gasteiger partial charge on any atom is -0.477 e. The van der Waals surface area contributed by atoms with E-state index in [1.807, 2.05) is 0 Å². The fraction of sp³-hybridized carbons (Fsp3) is 0.111. The number of hydrogen-bond donors (Lipinski definition) is 2. The number of oxime groups is 1. The molecule has 0 heterocycles. The minimum atomic E-state index is -1.21. The van der Waals surface area contributed by atoms with E-state index in [2.05, 4.69) is 21.1 Å². The molecule has 1 aromatic carbocycles. The van der Waals surface area contributed by atoms with Crippen LogP contribution in [0.5, 0.6) is 0 Å². The Labute approximate surface area is 89.0 Å². The van der Waals surface area contributed by atoms with Crippen molar-refractivity contribution in [1.29, 1.82) is 0 Å². The Morgan fingerprint density at radius 2 is 1.93 bits per heavy atom. The van der Waals surface area contributed by atoms with Crippen LogP contribution in [-0.2, 0) is 11.2 Å². The average Bonchev–Trinajstić information content (AvgIpc) is 2.16. The van der Waals surface area contributed by atoms with Crippen LogP contribution in [0.4, 0.5) is 0 Å². The summed E-state index contributed by atoms with van der Waals surface area (Å²) in [4.78, 5) is 10.5. The molecule has 4 nitrogen and oxygen atoms in total. The van der Waals surface area contributed by atoms with Gasteiger partial charge < -0.3 is 10.3 Å². The number of benzene rings is 1. The molecular weight excluding hydrogens is 250 g/mol. The monoisotopic (exact) mass is 257 g/mol. The zero-order valence-electron chi connectivity index (χ0n) is 7.14. The van der Waals surface area contributed by atoms with E-state index >= 15 is 0 Å². The summed E-state index contributed by atoms with van der Waals surface area (Å²) in [6.07, 6.45) is 0.110. The fourth-order valence-corrected chi connectivity index (χ4v) is 1.21. The van der Waals surface area contributed by atoms with E-state index in [0.717, 1.165) is 10.0 Å². The second-order valence-corrected chi connectivity index (χ2v) is 3.57. The van der Waals surface area contributed by atoms with Crippen LogP contribution < -0.4 is 0 Å². The van der Waals surface area contributed by atoms with Crippen LogP contribution in [0.15, 0.2) is 33.9 Å². The molecule has 0 aromatic heterocycles. The highest BCUT2D eigenvalue weighted by Gasteiger charge is 2.10. The number of rotatable bonds is 3. The molecule has 14 heavy (non-hydrogen) atoms. The quantitative estimate of drug-likeness (QED) is 0.494. The molecule has 1 aromatic rings. The van der Waals surface area contributed by atoms with Crippen LogP contribution in [0.1, 0.15) is 5.56 Å². The number of carboxylic acid groups (broad SMARTS) is 1. The first-order valence-corrected chi connectivity index (χ1v) is 4.61. The Morgan fingerprint density at radius 3 is 2.36 bits per heavy atom. The molecule has 2 N–H and O–H groups in total. The van der Waals surface area contributed by atoms with Gasteiger partial charge in [0, 0.05) is 10.9 Å². The zero-order valence-corrected chi connectivity index (χ0v) is 8.73. The Balaban J connectivity index is 2.78. The zero-order chi connectivity index (χ0) is 10.6. The third-order valence-electron chi connectivity index (χ3n) is 1.65. The Hall–Kier alpha value is -1.36. The van der Waals surface area contributed by atoms with Gasteiger partial charge in [-0.1, -0.05) is 33.2 Å². The van der Waals surface area contributed by atoms with Gasteiger partial charge in [0.05, 0.1) is 0 Å². The highest BCUT2D eigenvalue weighted by molar-refractivity contribution is 9.10. The summed E-state index contributed by atoms with van der Waals surface area (Å²) in [5.74, 6) is -1.21. The maximum Gasteiger partial charge on any atom is 0.354 e. The maximum atomic E-state index is 10.5. The molecule has 0 atom stereocenters. The summed E-state index contributed by atoms with van der Waals surface area (Å²) < 4.78 is 0.916. The number of carbonyl (C=O) groups is 1. The van der Waals surface area contributed by atoms with Crippen LogP contribution in [-0.4, -0.2) is 22.0 Å². The van der Waals surface area contributed by atoms with Crippen molar-refractivity contribution in [2.75, 3.05) is 0 Å². The Bertz CT molecular complexity index is 359. The van der Waals surface area contributed by atoms with Gasteiger partial charge in [-0.25, -0.2) is 4.79 Å². The molecule has 0 spiro atoms. The molecule has 0 amide bonds. The number of carboxylic acids is 1. The van der Waals surface area contributed by atoms with Crippen LogP contribution in [0.3, 0.4) is 0 Å². The first kappa shape index (κ1) is 10.7. The molecule has 0 fully saturated rings. The SMILES string of the molecule is O=C(O)C(Cc1ccc(Br)cc1)=NO. The predicted octanol–water partition coefficient (Wildman–Crippen LogP) is 1.91. The van der Waals surface area contributed by atoms with Crippen molar-refractivity contribution < 1.29 is 15.1 Å². The van der Waals surface area contributed by atoms with Gasteiger partial charge >= 0.3 is 5.97 Å². The van der Waals surface area contributed by atoms with Crippen molar-refractivity contribution in [1.82, 2.24) is 0 Å². The van der Waals surface area contributed by atoms with Crippen molar-refractivity contribution >= 4 is 27.6 Å². The normalized spacial score (nSPS) is 11.4. The number of aliphatic carboxylic acids is 1. The Morgan fingerprint density at radius 1 is 1.36 bits per heavy atom. The van der Waals surface area contributed by atoms with E-state index in [0.29, 0.717) is 0 Å². The van der Waals surface area contributed by atoms with Gasteiger partial charge in [0.2, 0.25) is 0 Å². The van der Waals surface area contributed by atoms with E-state index < -0.39 is 5.97 Å². The van der Waals surface area contributed by atoms with Gasteiger partial charge in [0.15, 0.2) is 5.71 Å². The predicted molar refractivity (Wildman–Crippen MR) is 54.7 cm³/mol. The van der Waals surface area contributed by atoms with Gasteiger partial charge in [-0.2, -0.15) is 0 Å². The molecule has 0 unspecified atom stereocenters. The lowest BCUT2D eigenvalue weighted by atomic mass is 10.1. The second kappa shape index (κ2) is 4.76. The van der Waals surface area contributed by atoms with E-state index in [4.69, 9.17) is 10.3 Å². The molecule has 0 aliphatic rings. The molecule has 0 aliphatic heterocycles. The lowest BCUT2D eigenvalue weighted by Crippen LogP contribution is -2.15. The van der Waals surface area contributed by atoms with Crippen molar-refractivity contribution in [2.45, 2.75) is 6.42 Å². The smallest absolute Gasteiger partial charge is 0.354 e. The molecule has 0 saturated carbocycles. The van der Waals surface area contributed by atoms with E-state index in [9.17, 15) is 4.79 Å². The third kappa shape index (κ3) is 2.85.